The van der Waals surface area contributed by atoms with Crippen LogP contribution in [0.2, 0.25) is 0 Å². The molecule has 1 aliphatic heterocycles. The Morgan fingerprint density at radius 2 is 2.18 bits per heavy atom. The Balaban J connectivity index is 2.07. The number of rotatable bonds is 6. The fourth-order valence-corrected chi connectivity index (χ4v) is 3.45. The molecule has 0 aromatic carbocycles. The summed E-state index contributed by atoms with van der Waals surface area (Å²) in [5, 5.41) is 4.14. The molecule has 124 valence electrons. The lowest BCUT2D eigenvalue weighted by atomic mass is 10.1. The third kappa shape index (κ3) is 3.88. The number of aromatic nitrogens is 2. The molecule has 1 saturated heterocycles. The lowest BCUT2D eigenvalue weighted by Gasteiger charge is -2.42. The Morgan fingerprint density at radius 1 is 1.41 bits per heavy atom. The maximum absolute atomic E-state index is 12.0. The van der Waals surface area contributed by atoms with Crippen molar-refractivity contribution in [2.24, 2.45) is 7.05 Å². The quantitative estimate of drug-likeness (QED) is 0.707. The first-order valence-corrected chi connectivity index (χ1v) is 8.66. The van der Waals surface area contributed by atoms with Crippen LogP contribution in [0.15, 0.2) is 15.5 Å². The van der Waals surface area contributed by atoms with Crippen molar-refractivity contribution in [1.29, 1.82) is 0 Å². The van der Waals surface area contributed by atoms with E-state index < -0.39 is 0 Å². The van der Waals surface area contributed by atoms with Gasteiger partial charge in [-0.3, -0.25) is 9.69 Å². The summed E-state index contributed by atoms with van der Waals surface area (Å²) < 4.78 is 7.42. The molecule has 1 aromatic rings. The van der Waals surface area contributed by atoms with Crippen molar-refractivity contribution < 1.29 is 4.74 Å². The maximum Gasteiger partial charge on any atom is 0.282 e. The molecule has 1 fully saturated rings. The number of hydrogen-bond acceptors (Lipinski definition) is 5. The van der Waals surface area contributed by atoms with Crippen LogP contribution in [-0.2, 0) is 11.8 Å². The largest absolute Gasteiger partial charge is 0.380 e. The molecule has 0 radical (unpaired) electrons. The summed E-state index contributed by atoms with van der Waals surface area (Å²) in [5.74, 6) is 0. The smallest absolute Gasteiger partial charge is 0.282 e. The van der Waals surface area contributed by atoms with Crippen LogP contribution in [0.5, 0.6) is 0 Å². The van der Waals surface area contributed by atoms with E-state index in [9.17, 15) is 4.79 Å². The second-order valence-corrected chi connectivity index (χ2v) is 6.31. The highest BCUT2D eigenvalue weighted by molar-refractivity contribution is 9.10. The topological polar surface area (TPSA) is 50.6 Å². The van der Waals surface area contributed by atoms with E-state index in [4.69, 9.17) is 4.74 Å². The lowest BCUT2D eigenvalue weighted by Crippen LogP contribution is -2.54. The van der Waals surface area contributed by atoms with Crippen LogP contribution >= 0.6 is 15.9 Å². The molecular formula is C15H25BrN4O2. The Morgan fingerprint density at radius 3 is 2.86 bits per heavy atom. The first kappa shape index (κ1) is 17.4. The van der Waals surface area contributed by atoms with E-state index >= 15 is 0 Å². The first-order chi connectivity index (χ1) is 10.6. The van der Waals surface area contributed by atoms with Gasteiger partial charge in [0.1, 0.15) is 4.47 Å². The average molecular weight is 373 g/mol. The lowest BCUT2D eigenvalue weighted by molar-refractivity contribution is 0.0869. The van der Waals surface area contributed by atoms with E-state index in [1.807, 2.05) is 6.92 Å². The molecule has 0 aliphatic carbocycles. The average Bonchev–Trinajstić information content (AvgIpc) is 2.53. The van der Waals surface area contributed by atoms with E-state index in [-0.39, 0.29) is 5.56 Å². The summed E-state index contributed by atoms with van der Waals surface area (Å²) in [6.45, 7) is 9.54. The third-order valence-corrected chi connectivity index (χ3v) is 4.95. The fraction of sp³-hybridized carbons (Fsp3) is 0.733. The van der Waals surface area contributed by atoms with Gasteiger partial charge in [-0.2, -0.15) is 5.10 Å². The zero-order valence-electron chi connectivity index (χ0n) is 13.6. The second-order valence-electron chi connectivity index (χ2n) is 5.51. The van der Waals surface area contributed by atoms with Gasteiger partial charge in [-0.05, 0) is 29.3 Å². The molecule has 22 heavy (non-hydrogen) atoms. The zero-order chi connectivity index (χ0) is 16.1. The second kappa shape index (κ2) is 8.08. The van der Waals surface area contributed by atoms with Crippen molar-refractivity contribution in [2.45, 2.75) is 26.3 Å². The van der Waals surface area contributed by atoms with Crippen molar-refractivity contribution in [3.63, 3.8) is 0 Å². The van der Waals surface area contributed by atoms with Crippen LogP contribution in [0.25, 0.3) is 0 Å². The molecule has 7 heteroatoms. The number of aryl methyl sites for hydroxylation is 1. The van der Waals surface area contributed by atoms with Gasteiger partial charge < -0.3 is 9.64 Å². The van der Waals surface area contributed by atoms with Crippen LogP contribution in [0, 0.1) is 0 Å². The van der Waals surface area contributed by atoms with Gasteiger partial charge in [0.2, 0.25) is 0 Å². The molecule has 1 aliphatic rings. The van der Waals surface area contributed by atoms with Gasteiger partial charge in [0.25, 0.3) is 5.56 Å². The highest BCUT2D eigenvalue weighted by atomic mass is 79.9. The summed E-state index contributed by atoms with van der Waals surface area (Å²) in [6.07, 6.45) is 2.85. The van der Waals surface area contributed by atoms with Gasteiger partial charge in [0, 0.05) is 45.9 Å². The number of anilines is 1. The van der Waals surface area contributed by atoms with E-state index in [0.29, 0.717) is 10.5 Å². The van der Waals surface area contributed by atoms with Crippen LogP contribution in [0.3, 0.4) is 0 Å². The van der Waals surface area contributed by atoms with Crippen molar-refractivity contribution in [1.82, 2.24) is 14.7 Å². The highest BCUT2D eigenvalue weighted by Crippen LogP contribution is 2.25. The van der Waals surface area contributed by atoms with E-state index in [2.05, 4.69) is 37.8 Å². The van der Waals surface area contributed by atoms with Gasteiger partial charge in [0.15, 0.2) is 0 Å². The monoisotopic (exact) mass is 372 g/mol. The number of hydrogen-bond donors (Lipinski definition) is 0. The Kier molecular flexibility index (Phi) is 6.40. The molecule has 0 spiro atoms. The minimum absolute atomic E-state index is 0.0932. The van der Waals surface area contributed by atoms with Gasteiger partial charge >= 0.3 is 0 Å². The molecule has 0 amide bonds. The molecule has 0 saturated carbocycles. The van der Waals surface area contributed by atoms with Crippen molar-refractivity contribution in [2.75, 3.05) is 44.3 Å². The normalized spacial score (nSPS) is 19.6. The Bertz CT molecular complexity index is 549. The Hall–Kier alpha value is -0.920. The predicted octanol–water partition coefficient (Wildman–Crippen LogP) is 1.48. The minimum Gasteiger partial charge on any atom is -0.380 e. The summed E-state index contributed by atoms with van der Waals surface area (Å²) in [7, 11) is 1.66. The molecule has 1 atom stereocenters. The zero-order valence-corrected chi connectivity index (χ0v) is 15.2. The maximum atomic E-state index is 12.0. The summed E-state index contributed by atoms with van der Waals surface area (Å²) >= 11 is 3.43. The van der Waals surface area contributed by atoms with E-state index in [1.54, 1.807) is 13.2 Å². The van der Waals surface area contributed by atoms with E-state index in [1.165, 1.54) is 4.68 Å². The van der Waals surface area contributed by atoms with Crippen molar-refractivity contribution in [3.05, 3.63) is 21.0 Å². The molecule has 0 N–H and O–H groups in total. The van der Waals surface area contributed by atoms with Gasteiger partial charge in [0.05, 0.1) is 18.5 Å². The van der Waals surface area contributed by atoms with Gasteiger partial charge in [-0.25, -0.2) is 4.68 Å². The SMILES string of the molecule is CCOCCN1CCN(c2cnn(C)c(=O)c2Br)CC1CC. The van der Waals surface area contributed by atoms with Crippen LogP contribution in [0.1, 0.15) is 20.3 Å². The highest BCUT2D eigenvalue weighted by Gasteiger charge is 2.27. The first-order valence-electron chi connectivity index (χ1n) is 7.87. The number of halogens is 1. The number of nitrogens with zero attached hydrogens (tertiary/aromatic N) is 4. The summed E-state index contributed by atoms with van der Waals surface area (Å²) in [4.78, 5) is 16.8. The van der Waals surface area contributed by atoms with Gasteiger partial charge in [-0.15, -0.1) is 0 Å². The minimum atomic E-state index is -0.0932. The molecule has 2 heterocycles. The van der Waals surface area contributed by atoms with Crippen LogP contribution < -0.4 is 10.5 Å². The molecule has 6 nitrogen and oxygen atoms in total. The van der Waals surface area contributed by atoms with Crippen molar-refractivity contribution >= 4 is 21.6 Å². The third-order valence-electron chi connectivity index (χ3n) is 4.20. The fourth-order valence-electron chi connectivity index (χ4n) is 2.84. The molecule has 1 aromatic heterocycles. The predicted molar refractivity (Wildman–Crippen MR) is 91.5 cm³/mol. The summed E-state index contributed by atoms with van der Waals surface area (Å²) in [6, 6.07) is 0.477. The van der Waals surface area contributed by atoms with Crippen LogP contribution in [0.4, 0.5) is 5.69 Å². The molecule has 2 rings (SSSR count). The molecule has 0 bridgehead atoms. The number of ether oxygens (including phenoxy) is 1. The van der Waals surface area contributed by atoms with Crippen molar-refractivity contribution in [3.8, 4) is 0 Å². The standard InChI is InChI=1S/C15H25BrN4O2/c1-4-12-11-20(7-6-19(12)8-9-22-5-2)13-10-17-18(3)15(21)14(13)16/h10,12H,4-9,11H2,1-3H3. The Labute approximate surface area is 140 Å². The van der Waals surface area contributed by atoms with Gasteiger partial charge in [-0.1, -0.05) is 6.92 Å². The summed E-state index contributed by atoms with van der Waals surface area (Å²) in [5.41, 5.74) is 0.801. The van der Waals surface area contributed by atoms with Crippen LogP contribution in [-0.4, -0.2) is 60.1 Å². The number of piperazine rings is 1. The molecule has 1 unspecified atom stereocenters. The van der Waals surface area contributed by atoms with E-state index in [0.717, 1.165) is 51.5 Å². The molecular weight excluding hydrogens is 348 g/mol.